The van der Waals surface area contributed by atoms with Gasteiger partial charge in [0.15, 0.2) is 0 Å². The molecule has 1 fully saturated rings. The van der Waals surface area contributed by atoms with E-state index in [1.54, 1.807) is 12.1 Å². The number of likely N-dealkylation sites (tertiary alicyclic amines) is 1. The Labute approximate surface area is 161 Å². The molecule has 1 saturated heterocycles. The van der Waals surface area contributed by atoms with Crippen LogP contribution in [-0.4, -0.2) is 38.9 Å². The fourth-order valence-corrected chi connectivity index (χ4v) is 4.32. The van der Waals surface area contributed by atoms with Gasteiger partial charge >= 0.3 is 0 Å². The second-order valence-corrected chi connectivity index (χ2v) is 8.63. The van der Waals surface area contributed by atoms with E-state index in [0.29, 0.717) is 18.5 Å². The first kappa shape index (κ1) is 19.6. The molecular weight excluding hydrogens is 360 g/mol. The topological polar surface area (TPSA) is 66.5 Å². The summed E-state index contributed by atoms with van der Waals surface area (Å²) in [6.45, 7) is 1.89. The Hall–Kier alpha value is -2.18. The fraction of sp³-hybridized carbons (Fsp3) is 0.381. The zero-order valence-corrected chi connectivity index (χ0v) is 16.2. The maximum atomic E-state index is 12.6. The molecule has 1 aliphatic heterocycles. The standard InChI is InChI=1S/C21H26N2O3S/c24-21(23-16-6-1-2-7-17-23)19-10-12-20(13-11-19)27(25,26)22-15-14-18-8-4-3-5-9-18/h3-5,8-13,22H,1-2,6-7,14-17H2. The Bertz CT molecular complexity index is 841. The van der Waals surface area contributed by atoms with Crippen molar-refractivity contribution in [2.75, 3.05) is 19.6 Å². The van der Waals surface area contributed by atoms with Gasteiger partial charge in [0.25, 0.3) is 5.91 Å². The third-order valence-corrected chi connectivity index (χ3v) is 6.33. The number of amides is 1. The van der Waals surface area contributed by atoms with Gasteiger partial charge in [-0.25, -0.2) is 13.1 Å². The van der Waals surface area contributed by atoms with Gasteiger partial charge in [-0.1, -0.05) is 43.2 Å². The first-order valence-electron chi connectivity index (χ1n) is 9.49. The van der Waals surface area contributed by atoms with Crippen LogP contribution >= 0.6 is 0 Å². The summed E-state index contributed by atoms with van der Waals surface area (Å²) in [7, 11) is -3.58. The summed E-state index contributed by atoms with van der Waals surface area (Å²) in [4.78, 5) is 14.7. The van der Waals surface area contributed by atoms with Crippen molar-refractivity contribution in [3.05, 3.63) is 65.7 Å². The number of nitrogens with one attached hydrogen (secondary N) is 1. The quantitative estimate of drug-likeness (QED) is 0.829. The smallest absolute Gasteiger partial charge is 0.253 e. The second kappa shape index (κ2) is 9.15. The maximum absolute atomic E-state index is 12.6. The zero-order valence-electron chi connectivity index (χ0n) is 15.4. The van der Waals surface area contributed by atoms with Crippen LogP contribution in [0.5, 0.6) is 0 Å². The highest BCUT2D eigenvalue weighted by Gasteiger charge is 2.19. The molecule has 2 aromatic rings. The lowest BCUT2D eigenvalue weighted by Gasteiger charge is -2.20. The Morgan fingerprint density at radius 1 is 0.889 bits per heavy atom. The molecule has 0 atom stereocenters. The molecule has 2 aromatic carbocycles. The minimum atomic E-state index is -3.58. The van der Waals surface area contributed by atoms with Crippen LogP contribution in [0.3, 0.4) is 0 Å². The van der Waals surface area contributed by atoms with Crippen LogP contribution in [-0.2, 0) is 16.4 Å². The van der Waals surface area contributed by atoms with Gasteiger partial charge < -0.3 is 4.90 Å². The van der Waals surface area contributed by atoms with Gasteiger partial charge in [0.05, 0.1) is 4.90 Å². The van der Waals surface area contributed by atoms with Gasteiger partial charge in [0.1, 0.15) is 0 Å². The third-order valence-electron chi connectivity index (χ3n) is 4.85. The molecule has 0 unspecified atom stereocenters. The van der Waals surface area contributed by atoms with Crippen molar-refractivity contribution in [3.63, 3.8) is 0 Å². The SMILES string of the molecule is O=C(c1ccc(S(=O)(=O)NCCc2ccccc2)cc1)N1CCCCCC1. The average molecular weight is 387 g/mol. The molecule has 0 aromatic heterocycles. The normalized spacial score (nSPS) is 15.3. The fourth-order valence-electron chi connectivity index (χ4n) is 3.29. The largest absolute Gasteiger partial charge is 0.339 e. The van der Waals surface area contributed by atoms with Crippen molar-refractivity contribution in [2.24, 2.45) is 0 Å². The third kappa shape index (κ3) is 5.40. The summed E-state index contributed by atoms with van der Waals surface area (Å²) in [5.74, 6) is -0.0158. The molecular formula is C21H26N2O3S. The highest BCUT2D eigenvalue weighted by atomic mass is 32.2. The first-order chi connectivity index (χ1) is 13.1. The number of carbonyl (C=O) groups is 1. The molecule has 0 bridgehead atoms. The van der Waals surface area contributed by atoms with Crippen molar-refractivity contribution in [1.29, 1.82) is 0 Å². The molecule has 144 valence electrons. The van der Waals surface area contributed by atoms with E-state index in [-0.39, 0.29) is 10.8 Å². The number of hydrogen-bond acceptors (Lipinski definition) is 3. The molecule has 27 heavy (non-hydrogen) atoms. The number of nitrogens with zero attached hydrogens (tertiary/aromatic N) is 1. The van der Waals surface area contributed by atoms with Gasteiger partial charge in [-0.15, -0.1) is 0 Å². The van der Waals surface area contributed by atoms with Gasteiger partial charge in [0, 0.05) is 25.2 Å². The highest BCUT2D eigenvalue weighted by Crippen LogP contribution is 2.16. The summed E-state index contributed by atoms with van der Waals surface area (Å²) < 4.78 is 27.5. The van der Waals surface area contributed by atoms with Gasteiger partial charge in [-0.2, -0.15) is 0 Å². The maximum Gasteiger partial charge on any atom is 0.253 e. The molecule has 1 aliphatic rings. The summed E-state index contributed by atoms with van der Waals surface area (Å²) >= 11 is 0. The van der Waals surface area contributed by atoms with Crippen LogP contribution in [0.1, 0.15) is 41.6 Å². The second-order valence-electron chi connectivity index (χ2n) is 6.86. The summed E-state index contributed by atoms with van der Waals surface area (Å²) in [5.41, 5.74) is 1.62. The Morgan fingerprint density at radius 2 is 1.52 bits per heavy atom. The van der Waals surface area contributed by atoms with E-state index in [9.17, 15) is 13.2 Å². The van der Waals surface area contributed by atoms with Gasteiger partial charge in [0.2, 0.25) is 10.0 Å². The molecule has 0 radical (unpaired) electrons. The molecule has 0 aliphatic carbocycles. The van der Waals surface area contributed by atoms with E-state index in [0.717, 1.165) is 44.3 Å². The average Bonchev–Trinajstić information content (AvgIpc) is 2.98. The van der Waals surface area contributed by atoms with Crippen LogP contribution < -0.4 is 4.72 Å². The molecule has 0 spiro atoms. The van der Waals surface area contributed by atoms with Crippen LogP contribution in [0.4, 0.5) is 0 Å². The predicted molar refractivity (Wildman–Crippen MR) is 106 cm³/mol. The Balaban J connectivity index is 1.60. The number of rotatable bonds is 6. The van der Waals surface area contributed by atoms with E-state index in [1.807, 2.05) is 35.2 Å². The van der Waals surface area contributed by atoms with Gasteiger partial charge in [-0.3, -0.25) is 4.79 Å². The minimum Gasteiger partial charge on any atom is -0.339 e. The minimum absolute atomic E-state index is 0.0158. The van der Waals surface area contributed by atoms with Gasteiger partial charge in [-0.05, 0) is 49.1 Å². The molecule has 5 nitrogen and oxygen atoms in total. The van der Waals surface area contributed by atoms with Crippen LogP contribution in [0.15, 0.2) is 59.5 Å². The molecule has 3 rings (SSSR count). The summed E-state index contributed by atoms with van der Waals surface area (Å²) in [5, 5.41) is 0. The number of sulfonamides is 1. The Kier molecular flexibility index (Phi) is 6.63. The van der Waals surface area contributed by atoms with Crippen molar-refractivity contribution in [2.45, 2.75) is 37.0 Å². The lowest BCUT2D eigenvalue weighted by Crippen LogP contribution is -2.32. The van der Waals surface area contributed by atoms with Crippen LogP contribution in [0, 0.1) is 0 Å². The van der Waals surface area contributed by atoms with Crippen molar-refractivity contribution in [1.82, 2.24) is 9.62 Å². The first-order valence-corrected chi connectivity index (χ1v) is 11.0. The molecule has 1 N–H and O–H groups in total. The van der Waals surface area contributed by atoms with Crippen molar-refractivity contribution in [3.8, 4) is 0 Å². The molecule has 6 heteroatoms. The van der Waals surface area contributed by atoms with Crippen LogP contribution in [0.2, 0.25) is 0 Å². The van der Waals surface area contributed by atoms with Crippen LogP contribution in [0.25, 0.3) is 0 Å². The van der Waals surface area contributed by atoms with E-state index in [1.165, 1.54) is 12.1 Å². The van der Waals surface area contributed by atoms with E-state index in [2.05, 4.69) is 4.72 Å². The summed E-state index contributed by atoms with van der Waals surface area (Å²) in [6, 6.07) is 16.0. The summed E-state index contributed by atoms with van der Waals surface area (Å²) in [6.07, 6.45) is 5.02. The number of carbonyl (C=O) groups excluding carboxylic acids is 1. The number of benzene rings is 2. The van der Waals surface area contributed by atoms with Crippen molar-refractivity contribution >= 4 is 15.9 Å². The molecule has 1 amide bonds. The van der Waals surface area contributed by atoms with Crippen molar-refractivity contribution < 1.29 is 13.2 Å². The highest BCUT2D eigenvalue weighted by molar-refractivity contribution is 7.89. The Morgan fingerprint density at radius 3 is 2.15 bits per heavy atom. The number of hydrogen-bond donors (Lipinski definition) is 1. The lowest BCUT2D eigenvalue weighted by atomic mass is 10.2. The molecule has 0 saturated carbocycles. The monoisotopic (exact) mass is 386 g/mol. The van der Waals surface area contributed by atoms with E-state index >= 15 is 0 Å². The molecule has 1 heterocycles. The van der Waals surface area contributed by atoms with E-state index < -0.39 is 10.0 Å². The zero-order chi connectivity index (χ0) is 19.1. The van der Waals surface area contributed by atoms with E-state index in [4.69, 9.17) is 0 Å². The predicted octanol–water partition coefficient (Wildman–Crippen LogP) is 3.22. The lowest BCUT2D eigenvalue weighted by molar-refractivity contribution is 0.0761.